The molecule has 0 spiro atoms. The smallest absolute Gasteiger partial charge is 0.291 e. The Hall–Kier alpha value is -3.40. The number of halogens is 1. The molecule has 1 aliphatic rings. The monoisotopic (exact) mass is 399 g/mol. The maximum atomic E-state index is 13.7. The number of hydrogen-bond donors (Lipinski definition) is 2. The Morgan fingerprint density at radius 1 is 1.29 bits per heavy atom. The zero-order valence-corrected chi connectivity index (χ0v) is 15.2. The van der Waals surface area contributed by atoms with Gasteiger partial charge in [-0.25, -0.2) is 14.1 Å². The van der Waals surface area contributed by atoms with E-state index in [1.54, 1.807) is 6.07 Å². The fraction of sp³-hybridized carbons (Fsp3) is 0.167. The standard InChI is InChI=1S/C18H14FN5O3S/c19-10-3-1-4-11(9-10)24-16(13-5-2-8-28-13)22-15(23-24)18(27)20-12-6-7-14(25)21-17(12)26/h1-5,8-9,12H,6-7H2,(H,20,27)(H,21,25,26). The molecule has 142 valence electrons. The second kappa shape index (κ2) is 7.31. The highest BCUT2D eigenvalue weighted by Crippen LogP contribution is 2.26. The van der Waals surface area contributed by atoms with Gasteiger partial charge >= 0.3 is 0 Å². The highest BCUT2D eigenvalue weighted by Gasteiger charge is 2.29. The van der Waals surface area contributed by atoms with Crippen molar-refractivity contribution in [2.75, 3.05) is 0 Å². The highest BCUT2D eigenvalue weighted by atomic mass is 32.1. The number of nitrogens with zero attached hydrogens (tertiary/aromatic N) is 3. The lowest BCUT2D eigenvalue weighted by atomic mass is 10.1. The van der Waals surface area contributed by atoms with Crippen LogP contribution in [-0.2, 0) is 9.59 Å². The van der Waals surface area contributed by atoms with Gasteiger partial charge in [0, 0.05) is 6.42 Å². The zero-order chi connectivity index (χ0) is 19.7. The summed E-state index contributed by atoms with van der Waals surface area (Å²) in [5.74, 6) is -1.80. The predicted molar refractivity (Wildman–Crippen MR) is 98.3 cm³/mol. The van der Waals surface area contributed by atoms with E-state index < -0.39 is 23.7 Å². The first-order valence-corrected chi connectivity index (χ1v) is 9.30. The van der Waals surface area contributed by atoms with Crippen molar-refractivity contribution in [1.29, 1.82) is 0 Å². The molecule has 1 fully saturated rings. The van der Waals surface area contributed by atoms with E-state index in [0.717, 1.165) is 4.88 Å². The Kier molecular flexibility index (Phi) is 4.70. The van der Waals surface area contributed by atoms with Crippen LogP contribution in [0.4, 0.5) is 4.39 Å². The van der Waals surface area contributed by atoms with Crippen molar-refractivity contribution in [2.45, 2.75) is 18.9 Å². The lowest BCUT2D eigenvalue weighted by Gasteiger charge is -2.20. The average Bonchev–Trinajstić information content (AvgIpc) is 3.33. The zero-order valence-electron chi connectivity index (χ0n) is 14.4. The first-order chi connectivity index (χ1) is 13.5. The molecule has 0 saturated carbocycles. The minimum Gasteiger partial charge on any atom is -0.337 e. The van der Waals surface area contributed by atoms with Gasteiger partial charge in [0.05, 0.1) is 10.6 Å². The number of rotatable bonds is 4. The second-order valence-corrected chi connectivity index (χ2v) is 7.05. The molecule has 1 aromatic carbocycles. The molecule has 0 aliphatic carbocycles. The molecule has 4 rings (SSSR count). The van der Waals surface area contributed by atoms with E-state index in [9.17, 15) is 18.8 Å². The van der Waals surface area contributed by atoms with Gasteiger partial charge in [-0.2, -0.15) is 0 Å². The van der Waals surface area contributed by atoms with Crippen LogP contribution in [0.5, 0.6) is 0 Å². The summed E-state index contributed by atoms with van der Waals surface area (Å²) in [6.45, 7) is 0. The maximum absolute atomic E-state index is 13.7. The minimum atomic E-state index is -0.837. The van der Waals surface area contributed by atoms with Crippen LogP contribution in [-0.4, -0.2) is 38.5 Å². The van der Waals surface area contributed by atoms with Crippen molar-refractivity contribution >= 4 is 29.1 Å². The van der Waals surface area contributed by atoms with Gasteiger partial charge in [-0.15, -0.1) is 16.4 Å². The van der Waals surface area contributed by atoms with Gasteiger partial charge in [-0.05, 0) is 36.1 Å². The lowest BCUT2D eigenvalue weighted by Crippen LogP contribution is -2.52. The van der Waals surface area contributed by atoms with E-state index in [4.69, 9.17) is 0 Å². The van der Waals surface area contributed by atoms with Crippen molar-refractivity contribution in [2.24, 2.45) is 0 Å². The largest absolute Gasteiger partial charge is 0.337 e. The van der Waals surface area contributed by atoms with Crippen LogP contribution < -0.4 is 10.6 Å². The molecular formula is C18H14FN5O3S. The Bertz CT molecular complexity index is 1060. The summed E-state index contributed by atoms with van der Waals surface area (Å²) in [4.78, 5) is 40.7. The van der Waals surface area contributed by atoms with Crippen LogP contribution in [0, 0.1) is 5.82 Å². The molecule has 1 atom stereocenters. The summed E-state index contributed by atoms with van der Waals surface area (Å²) in [6, 6.07) is 8.58. The van der Waals surface area contributed by atoms with Crippen molar-refractivity contribution in [3.8, 4) is 16.4 Å². The number of benzene rings is 1. The summed E-state index contributed by atoms with van der Waals surface area (Å²) in [7, 11) is 0. The van der Waals surface area contributed by atoms with Crippen LogP contribution in [0.2, 0.25) is 0 Å². The SMILES string of the molecule is O=C1CCC(NC(=O)c2nc(-c3cccs3)n(-c3cccc(F)c3)n2)C(=O)N1. The molecule has 8 nitrogen and oxygen atoms in total. The van der Waals surface area contributed by atoms with Crippen molar-refractivity contribution < 1.29 is 18.8 Å². The van der Waals surface area contributed by atoms with Crippen molar-refractivity contribution in [3.63, 3.8) is 0 Å². The molecule has 2 aromatic heterocycles. The fourth-order valence-corrected chi connectivity index (χ4v) is 3.51. The van der Waals surface area contributed by atoms with E-state index in [1.165, 1.54) is 34.2 Å². The molecule has 0 radical (unpaired) electrons. The molecule has 3 aromatic rings. The third kappa shape index (κ3) is 3.54. The van der Waals surface area contributed by atoms with E-state index in [-0.39, 0.29) is 24.6 Å². The van der Waals surface area contributed by atoms with E-state index >= 15 is 0 Å². The maximum Gasteiger partial charge on any atom is 0.291 e. The van der Waals surface area contributed by atoms with Gasteiger partial charge < -0.3 is 5.32 Å². The number of hydrogen-bond acceptors (Lipinski definition) is 6. The van der Waals surface area contributed by atoms with Crippen LogP contribution in [0.1, 0.15) is 23.5 Å². The normalized spacial score (nSPS) is 16.7. The number of nitrogens with one attached hydrogen (secondary N) is 2. The van der Waals surface area contributed by atoms with E-state index in [1.807, 2.05) is 17.5 Å². The quantitative estimate of drug-likeness (QED) is 0.649. The summed E-state index contributed by atoms with van der Waals surface area (Å²) >= 11 is 1.40. The third-order valence-electron chi connectivity index (χ3n) is 4.15. The Balaban J connectivity index is 1.66. The number of thiophene rings is 1. The summed E-state index contributed by atoms with van der Waals surface area (Å²) in [5, 5.41) is 10.8. The topological polar surface area (TPSA) is 106 Å². The van der Waals surface area contributed by atoms with E-state index in [2.05, 4.69) is 20.7 Å². The van der Waals surface area contributed by atoms with Gasteiger partial charge in [0.25, 0.3) is 5.91 Å². The van der Waals surface area contributed by atoms with Crippen LogP contribution in [0.25, 0.3) is 16.4 Å². The Morgan fingerprint density at radius 2 is 2.14 bits per heavy atom. The number of aromatic nitrogens is 3. The fourth-order valence-electron chi connectivity index (χ4n) is 2.82. The number of piperidine rings is 1. The lowest BCUT2D eigenvalue weighted by molar-refractivity contribution is -0.134. The molecule has 0 bridgehead atoms. The molecule has 3 heterocycles. The first kappa shape index (κ1) is 18.0. The van der Waals surface area contributed by atoms with Gasteiger partial charge in [0.2, 0.25) is 17.6 Å². The predicted octanol–water partition coefficient (Wildman–Crippen LogP) is 1.67. The van der Waals surface area contributed by atoms with Crippen LogP contribution in [0.3, 0.4) is 0 Å². The molecule has 1 saturated heterocycles. The molecule has 1 aliphatic heterocycles. The number of amides is 3. The summed E-state index contributed by atoms with van der Waals surface area (Å²) in [6.07, 6.45) is 0.348. The molecular weight excluding hydrogens is 385 g/mol. The van der Waals surface area contributed by atoms with E-state index in [0.29, 0.717) is 11.5 Å². The molecule has 10 heteroatoms. The van der Waals surface area contributed by atoms with Gasteiger partial charge in [-0.3, -0.25) is 19.7 Å². The molecule has 2 N–H and O–H groups in total. The summed E-state index contributed by atoms with van der Waals surface area (Å²) < 4.78 is 15.0. The van der Waals surface area contributed by atoms with Crippen molar-refractivity contribution in [3.05, 3.63) is 53.4 Å². The molecule has 3 amide bonds. The number of carbonyl (C=O) groups is 3. The molecule has 28 heavy (non-hydrogen) atoms. The second-order valence-electron chi connectivity index (χ2n) is 6.11. The van der Waals surface area contributed by atoms with Gasteiger partial charge in [-0.1, -0.05) is 12.1 Å². The van der Waals surface area contributed by atoms with Crippen LogP contribution >= 0.6 is 11.3 Å². The first-order valence-electron chi connectivity index (χ1n) is 8.43. The Morgan fingerprint density at radius 3 is 2.86 bits per heavy atom. The molecule has 1 unspecified atom stereocenters. The van der Waals surface area contributed by atoms with Gasteiger partial charge in [0.15, 0.2) is 5.82 Å². The minimum absolute atomic E-state index is 0.141. The highest BCUT2D eigenvalue weighted by molar-refractivity contribution is 7.13. The van der Waals surface area contributed by atoms with Crippen LogP contribution in [0.15, 0.2) is 41.8 Å². The third-order valence-corrected chi connectivity index (χ3v) is 5.01. The van der Waals surface area contributed by atoms with Crippen molar-refractivity contribution in [1.82, 2.24) is 25.4 Å². The number of imide groups is 1. The summed E-state index contributed by atoms with van der Waals surface area (Å²) in [5.41, 5.74) is 0.413. The number of carbonyl (C=O) groups excluding carboxylic acids is 3. The Labute approximate surface area is 162 Å². The average molecular weight is 399 g/mol. The van der Waals surface area contributed by atoms with Gasteiger partial charge in [0.1, 0.15) is 11.9 Å².